The van der Waals surface area contributed by atoms with Crippen LogP contribution in [0.4, 0.5) is 0 Å². The van der Waals surface area contributed by atoms with Gasteiger partial charge in [-0.05, 0) is 60.8 Å². The number of aryl methyl sites for hydroxylation is 1. The van der Waals surface area contributed by atoms with Gasteiger partial charge in [-0.15, -0.1) is 0 Å². The van der Waals surface area contributed by atoms with Crippen molar-refractivity contribution in [3.8, 4) is 5.75 Å². The van der Waals surface area contributed by atoms with E-state index in [0.29, 0.717) is 11.3 Å². The van der Waals surface area contributed by atoms with Crippen LogP contribution in [0.5, 0.6) is 5.75 Å². The zero-order valence-corrected chi connectivity index (χ0v) is 15.9. The molecule has 1 unspecified atom stereocenters. The van der Waals surface area contributed by atoms with Crippen molar-refractivity contribution in [3.05, 3.63) is 65.2 Å². The minimum atomic E-state index is 0.327. The van der Waals surface area contributed by atoms with Crippen molar-refractivity contribution in [1.29, 1.82) is 0 Å². The first-order chi connectivity index (χ1) is 11.3. The van der Waals surface area contributed by atoms with Crippen molar-refractivity contribution in [2.75, 3.05) is 6.61 Å². The van der Waals surface area contributed by atoms with E-state index in [9.17, 15) is 0 Å². The lowest BCUT2D eigenvalue weighted by molar-refractivity contribution is 0.283. The SMILES string of the molecule is Cc1ccc(CC(C)CCOc2ccc(CC(C)(C)C)cc2)cc1. The van der Waals surface area contributed by atoms with Crippen LogP contribution in [-0.2, 0) is 12.8 Å². The smallest absolute Gasteiger partial charge is 0.119 e. The molecule has 1 heteroatoms. The summed E-state index contributed by atoms with van der Waals surface area (Å²) in [7, 11) is 0. The molecule has 0 spiro atoms. The van der Waals surface area contributed by atoms with Crippen molar-refractivity contribution >= 4 is 0 Å². The molecule has 1 nitrogen and oxygen atoms in total. The van der Waals surface area contributed by atoms with E-state index in [-0.39, 0.29) is 0 Å². The summed E-state index contributed by atoms with van der Waals surface area (Å²) in [5, 5.41) is 0. The van der Waals surface area contributed by atoms with E-state index >= 15 is 0 Å². The first-order valence-corrected chi connectivity index (χ1v) is 9.09. The van der Waals surface area contributed by atoms with Crippen LogP contribution in [0.1, 0.15) is 50.8 Å². The monoisotopic (exact) mass is 324 g/mol. The van der Waals surface area contributed by atoms with Crippen LogP contribution in [0.25, 0.3) is 0 Å². The molecule has 2 aromatic rings. The summed E-state index contributed by atoms with van der Waals surface area (Å²) >= 11 is 0. The highest BCUT2D eigenvalue weighted by molar-refractivity contribution is 5.28. The van der Waals surface area contributed by atoms with E-state index in [2.05, 4.69) is 83.1 Å². The van der Waals surface area contributed by atoms with Crippen molar-refractivity contribution < 1.29 is 4.74 Å². The summed E-state index contributed by atoms with van der Waals surface area (Å²) in [5.41, 5.74) is 4.44. The van der Waals surface area contributed by atoms with Gasteiger partial charge in [0.15, 0.2) is 0 Å². The molecule has 0 radical (unpaired) electrons. The van der Waals surface area contributed by atoms with Gasteiger partial charge >= 0.3 is 0 Å². The highest BCUT2D eigenvalue weighted by atomic mass is 16.5. The number of ether oxygens (including phenoxy) is 1. The Labute approximate surface area is 148 Å². The van der Waals surface area contributed by atoms with Crippen LogP contribution >= 0.6 is 0 Å². The lowest BCUT2D eigenvalue weighted by atomic mass is 9.88. The number of hydrogen-bond donors (Lipinski definition) is 0. The molecule has 0 aliphatic heterocycles. The van der Waals surface area contributed by atoms with Crippen LogP contribution in [0, 0.1) is 18.3 Å². The van der Waals surface area contributed by atoms with E-state index in [0.717, 1.165) is 31.6 Å². The molecule has 0 amide bonds. The summed E-state index contributed by atoms with van der Waals surface area (Å²) in [5.74, 6) is 1.61. The maximum absolute atomic E-state index is 5.92. The summed E-state index contributed by atoms with van der Waals surface area (Å²) in [4.78, 5) is 0. The third-order valence-corrected chi connectivity index (χ3v) is 4.24. The van der Waals surface area contributed by atoms with Crippen LogP contribution in [0.15, 0.2) is 48.5 Å². The molecule has 0 saturated carbocycles. The predicted molar refractivity (Wildman–Crippen MR) is 104 cm³/mol. The van der Waals surface area contributed by atoms with Crippen molar-refractivity contribution in [2.24, 2.45) is 11.3 Å². The van der Waals surface area contributed by atoms with Crippen LogP contribution < -0.4 is 4.74 Å². The molecule has 2 aromatic carbocycles. The highest BCUT2D eigenvalue weighted by Crippen LogP contribution is 2.22. The Hall–Kier alpha value is -1.76. The first-order valence-electron chi connectivity index (χ1n) is 9.09. The normalized spacial score (nSPS) is 12.9. The molecule has 0 saturated heterocycles. The number of benzene rings is 2. The zero-order valence-electron chi connectivity index (χ0n) is 15.9. The second-order valence-electron chi connectivity index (χ2n) is 8.31. The molecular weight excluding hydrogens is 292 g/mol. The first kappa shape index (κ1) is 18.6. The zero-order chi connectivity index (χ0) is 17.6. The molecule has 0 N–H and O–H groups in total. The minimum Gasteiger partial charge on any atom is -0.494 e. The van der Waals surface area contributed by atoms with Gasteiger partial charge in [-0.25, -0.2) is 0 Å². The third-order valence-electron chi connectivity index (χ3n) is 4.24. The third kappa shape index (κ3) is 6.78. The fourth-order valence-corrected chi connectivity index (χ4v) is 2.92. The lowest BCUT2D eigenvalue weighted by Gasteiger charge is -2.18. The fraction of sp³-hybridized carbons (Fsp3) is 0.478. The molecule has 0 aliphatic carbocycles. The Bertz CT molecular complexity index is 602. The largest absolute Gasteiger partial charge is 0.494 e. The molecule has 0 aromatic heterocycles. The highest BCUT2D eigenvalue weighted by Gasteiger charge is 2.11. The van der Waals surface area contributed by atoms with Gasteiger partial charge in [-0.1, -0.05) is 69.7 Å². The molecule has 0 bridgehead atoms. The molecule has 130 valence electrons. The fourth-order valence-electron chi connectivity index (χ4n) is 2.92. The van der Waals surface area contributed by atoms with Crippen LogP contribution in [0.2, 0.25) is 0 Å². The molecule has 24 heavy (non-hydrogen) atoms. The quantitative estimate of drug-likeness (QED) is 0.586. The molecule has 0 fully saturated rings. The Kier molecular flexibility index (Phi) is 6.48. The standard InChI is InChI=1S/C23H32O/c1-18-6-8-20(9-7-18)16-19(2)14-15-24-22-12-10-21(11-13-22)17-23(3,4)5/h6-13,19H,14-17H2,1-5H3. The van der Waals surface area contributed by atoms with Gasteiger partial charge in [0.25, 0.3) is 0 Å². The second kappa shape index (κ2) is 8.37. The van der Waals surface area contributed by atoms with Crippen LogP contribution in [0.3, 0.4) is 0 Å². The van der Waals surface area contributed by atoms with Gasteiger partial charge in [-0.3, -0.25) is 0 Å². The van der Waals surface area contributed by atoms with Gasteiger partial charge in [0.1, 0.15) is 5.75 Å². The summed E-state index contributed by atoms with van der Waals surface area (Å²) in [6.07, 6.45) is 3.30. The molecule has 2 rings (SSSR count). The Morgan fingerprint density at radius 2 is 1.46 bits per heavy atom. The van der Waals surface area contributed by atoms with E-state index in [4.69, 9.17) is 4.74 Å². The lowest BCUT2D eigenvalue weighted by Crippen LogP contribution is -2.09. The Morgan fingerprint density at radius 3 is 2.04 bits per heavy atom. The Morgan fingerprint density at radius 1 is 0.875 bits per heavy atom. The van der Waals surface area contributed by atoms with E-state index in [1.54, 1.807) is 0 Å². The van der Waals surface area contributed by atoms with Crippen molar-refractivity contribution in [2.45, 2.75) is 53.9 Å². The average Bonchev–Trinajstić information content (AvgIpc) is 2.50. The maximum Gasteiger partial charge on any atom is 0.119 e. The Balaban J connectivity index is 1.74. The maximum atomic E-state index is 5.92. The van der Waals surface area contributed by atoms with Crippen LogP contribution in [-0.4, -0.2) is 6.61 Å². The molecular formula is C23H32O. The molecule has 0 aliphatic rings. The second-order valence-corrected chi connectivity index (χ2v) is 8.31. The molecule has 0 heterocycles. The van der Waals surface area contributed by atoms with Crippen molar-refractivity contribution in [3.63, 3.8) is 0 Å². The summed E-state index contributed by atoms with van der Waals surface area (Å²) in [6.45, 7) is 12.0. The topological polar surface area (TPSA) is 9.23 Å². The number of hydrogen-bond acceptors (Lipinski definition) is 1. The van der Waals surface area contributed by atoms with Gasteiger partial charge in [0.2, 0.25) is 0 Å². The summed E-state index contributed by atoms with van der Waals surface area (Å²) < 4.78 is 5.92. The molecule has 1 atom stereocenters. The predicted octanol–water partition coefficient (Wildman–Crippen LogP) is 6.23. The van der Waals surface area contributed by atoms with Gasteiger partial charge < -0.3 is 4.74 Å². The van der Waals surface area contributed by atoms with Gasteiger partial charge in [-0.2, -0.15) is 0 Å². The summed E-state index contributed by atoms with van der Waals surface area (Å²) in [6, 6.07) is 17.4. The van der Waals surface area contributed by atoms with E-state index < -0.39 is 0 Å². The minimum absolute atomic E-state index is 0.327. The van der Waals surface area contributed by atoms with E-state index in [1.165, 1.54) is 16.7 Å². The van der Waals surface area contributed by atoms with Gasteiger partial charge in [0, 0.05) is 0 Å². The van der Waals surface area contributed by atoms with E-state index in [1.807, 2.05) is 0 Å². The number of rotatable bonds is 7. The van der Waals surface area contributed by atoms with Crippen molar-refractivity contribution in [1.82, 2.24) is 0 Å². The average molecular weight is 325 g/mol. The van der Waals surface area contributed by atoms with Gasteiger partial charge in [0.05, 0.1) is 6.61 Å².